The summed E-state index contributed by atoms with van der Waals surface area (Å²) >= 11 is 0. The van der Waals surface area contributed by atoms with E-state index < -0.39 is 0 Å². The Morgan fingerprint density at radius 2 is 1.33 bits per heavy atom. The fraction of sp³-hybridized carbons (Fsp3) is 1.00. The summed E-state index contributed by atoms with van der Waals surface area (Å²) in [5, 5.41) is 0. The highest BCUT2D eigenvalue weighted by atomic mass is 16.5. The van der Waals surface area contributed by atoms with E-state index in [2.05, 4.69) is 55.4 Å². The van der Waals surface area contributed by atoms with Gasteiger partial charge in [0.25, 0.3) is 0 Å². The van der Waals surface area contributed by atoms with Crippen LogP contribution in [0.25, 0.3) is 0 Å². The molecule has 0 aliphatic rings. The van der Waals surface area contributed by atoms with Crippen molar-refractivity contribution in [1.82, 2.24) is 0 Å². The molecule has 0 N–H and O–H groups in total. The van der Waals surface area contributed by atoms with Gasteiger partial charge < -0.3 is 9.47 Å². The van der Waals surface area contributed by atoms with Gasteiger partial charge in [-0.3, -0.25) is 0 Å². The molecule has 0 saturated carbocycles. The van der Waals surface area contributed by atoms with E-state index in [-0.39, 0.29) is 11.5 Å². The molecule has 0 spiro atoms. The van der Waals surface area contributed by atoms with Crippen LogP contribution < -0.4 is 0 Å². The first-order valence-electron chi connectivity index (χ1n) is 7.36. The largest absolute Gasteiger partial charge is 0.381 e. The maximum atomic E-state index is 6.11. The van der Waals surface area contributed by atoms with Crippen molar-refractivity contribution in [2.45, 2.75) is 61.5 Å². The number of hydrogen-bond donors (Lipinski definition) is 0. The van der Waals surface area contributed by atoms with Crippen LogP contribution in [0.5, 0.6) is 0 Å². The zero-order valence-corrected chi connectivity index (χ0v) is 13.7. The molecule has 0 bridgehead atoms. The van der Waals surface area contributed by atoms with Crippen LogP contribution in [-0.2, 0) is 9.47 Å². The van der Waals surface area contributed by atoms with E-state index in [4.69, 9.17) is 9.47 Å². The Bertz CT molecular complexity index is 207. The predicted octanol–water partition coefficient (Wildman–Crippen LogP) is 4.38. The first kappa shape index (κ1) is 17.9. The second-order valence-corrected chi connectivity index (χ2v) is 7.29. The van der Waals surface area contributed by atoms with Crippen LogP contribution in [0, 0.1) is 23.2 Å². The van der Waals surface area contributed by atoms with E-state index in [0.717, 1.165) is 19.8 Å². The van der Waals surface area contributed by atoms with E-state index in [9.17, 15) is 0 Å². The summed E-state index contributed by atoms with van der Waals surface area (Å²) < 4.78 is 11.9. The van der Waals surface area contributed by atoms with Crippen molar-refractivity contribution in [3.63, 3.8) is 0 Å². The van der Waals surface area contributed by atoms with Gasteiger partial charge in [-0.2, -0.15) is 0 Å². The van der Waals surface area contributed by atoms with E-state index >= 15 is 0 Å². The normalized spacial score (nSPS) is 14.8. The lowest BCUT2D eigenvalue weighted by Gasteiger charge is -2.37. The van der Waals surface area contributed by atoms with Crippen molar-refractivity contribution in [3.8, 4) is 0 Å². The van der Waals surface area contributed by atoms with Crippen molar-refractivity contribution in [2.24, 2.45) is 23.2 Å². The van der Waals surface area contributed by atoms with Gasteiger partial charge in [-0.15, -0.1) is 0 Å². The Labute approximate surface area is 114 Å². The Morgan fingerprint density at radius 1 is 0.833 bits per heavy atom. The first-order valence-corrected chi connectivity index (χ1v) is 7.36. The molecule has 0 aromatic carbocycles. The third-order valence-electron chi connectivity index (χ3n) is 2.91. The second-order valence-electron chi connectivity index (χ2n) is 7.29. The summed E-state index contributed by atoms with van der Waals surface area (Å²) in [6.07, 6.45) is 0.257. The van der Waals surface area contributed by atoms with Crippen LogP contribution in [0.4, 0.5) is 0 Å². The molecular formula is C16H34O2. The maximum absolute atomic E-state index is 6.11. The van der Waals surface area contributed by atoms with E-state index in [1.165, 1.54) is 0 Å². The minimum atomic E-state index is 0.0674. The van der Waals surface area contributed by atoms with Gasteiger partial charge in [0, 0.05) is 18.6 Å². The van der Waals surface area contributed by atoms with Crippen molar-refractivity contribution in [2.75, 3.05) is 19.8 Å². The maximum Gasteiger partial charge on any atom is 0.0670 e. The molecule has 0 radical (unpaired) electrons. The first-order chi connectivity index (χ1) is 8.16. The SMILES string of the molecule is CC(C)COCC(C)(C)C(OCC(C)C)C(C)C. The minimum Gasteiger partial charge on any atom is -0.381 e. The van der Waals surface area contributed by atoms with Gasteiger partial charge in [-0.1, -0.05) is 55.4 Å². The molecule has 0 aromatic rings. The highest BCUT2D eigenvalue weighted by molar-refractivity contribution is 4.81. The Balaban J connectivity index is 4.36. The Hall–Kier alpha value is -0.0800. The molecule has 0 amide bonds. The van der Waals surface area contributed by atoms with Crippen LogP contribution >= 0.6 is 0 Å². The van der Waals surface area contributed by atoms with Crippen LogP contribution in [-0.4, -0.2) is 25.9 Å². The van der Waals surface area contributed by atoms with E-state index in [1.54, 1.807) is 0 Å². The Morgan fingerprint density at radius 3 is 1.72 bits per heavy atom. The average Bonchev–Trinajstić information content (AvgIpc) is 2.14. The number of hydrogen-bond acceptors (Lipinski definition) is 2. The van der Waals surface area contributed by atoms with Gasteiger partial charge in [0.05, 0.1) is 12.7 Å². The molecule has 0 fully saturated rings. The van der Waals surface area contributed by atoms with Gasteiger partial charge in [-0.05, 0) is 17.8 Å². The number of rotatable bonds is 9. The zero-order chi connectivity index (χ0) is 14.3. The van der Waals surface area contributed by atoms with Gasteiger partial charge in [0.2, 0.25) is 0 Å². The fourth-order valence-corrected chi connectivity index (χ4v) is 2.26. The van der Waals surface area contributed by atoms with Crippen molar-refractivity contribution in [1.29, 1.82) is 0 Å². The van der Waals surface area contributed by atoms with Crippen molar-refractivity contribution >= 4 is 0 Å². The summed E-state index contributed by atoms with van der Waals surface area (Å²) in [6.45, 7) is 20.1. The van der Waals surface area contributed by atoms with Gasteiger partial charge >= 0.3 is 0 Å². The molecule has 1 atom stereocenters. The second kappa shape index (κ2) is 8.16. The molecule has 0 rings (SSSR count). The molecule has 0 aliphatic carbocycles. The van der Waals surface area contributed by atoms with Crippen LogP contribution in [0.15, 0.2) is 0 Å². The fourth-order valence-electron chi connectivity index (χ4n) is 2.26. The molecule has 2 nitrogen and oxygen atoms in total. The molecule has 18 heavy (non-hydrogen) atoms. The van der Waals surface area contributed by atoms with Gasteiger partial charge in [-0.25, -0.2) is 0 Å². The highest BCUT2D eigenvalue weighted by Gasteiger charge is 2.33. The average molecular weight is 258 g/mol. The molecular weight excluding hydrogens is 224 g/mol. The Kier molecular flexibility index (Phi) is 8.13. The zero-order valence-electron chi connectivity index (χ0n) is 13.7. The van der Waals surface area contributed by atoms with E-state index in [0.29, 0.717) is 17.8 Å². The molecule has 1 unspecified atom stereocenters. The summed E-state index contributed by atoms with van der Waals surface area (Å²) in [6, 6.07) is 0. The van der Waals surface area contributed by atoms with E-state index in [1.807, 2.05) is 0 Å². The molecule has 0 heterocycles. The van der Waals surface area contributed by atoms with Crippen LogP contribution in [0.3, 0.4) is 0 Å². The summed E-state index contributed by atoms with van der Waals surface area (Å²) in [4.78, 5) is 0. The highest BCUT2D eigenvalue weighted by Crippen LogP contribution is 2.30. The van der Waals surface area contributed by atoms with Crippen molar-refractivity contribution < 1.29 is 9.47 Å². The topological polar surface area (TPSA) is 18.5 Å². The lowest BCUT2D eigenvalue weighted by molar-refractivity contribution is -0.0953. The third-order valence-corrected chi connectivity index (χ3v) is 2.91. The van der Waals surface area contributed by atoms with Crippen LogP contribution in [0.2, 0.25) is 0 Å². The van der Waals surface area contributed by atoms with Gasteiger partial charge in [0.1, 0.15) is 0 Å². The summed E-state index contributed by atoms with van der Waals surface area (Å²) in [5.41, 5.74) is 0.0674. The van der Waals surface area contributed by atoms with Gasteiger partial charge in [0.15, 0.2) is 0 Å². The molecule has 110 valence electrons. The van der Waals surface area contributed by atoms with Crippen LogP contribution in [0.1, 0.15) is 55.4 Å². The number of ether oxygens (including phenoxy) is 2. The minimum absolute atomic E-state index is 0.0674. The smallest absolute Gasteiger partial charge is 0.0670 e. The summed E-state index contributed by atoms with van der Waals surface area (Å²) in [7, 11) is 0. The lowest BCUT2D eigenvalue weighted by atomic mass is 9.81. The third kappa shape index (κ3) is 7.38. The molecule has 0 aromatic heterocycles. The molecule has 0 saturated heterocycles. The standard InChI is InChI=1S/C16H34O2/c1-12(2)9-17-11-16(7,8)15(14(5)6)18-10-13(3)4/h12-15H,9-11H2,1-8H3. The van der Waals surface area contributed by atoms with Crippen molar-refractivity contribution in [3.05, 3.63) is 0 Å². The summed E-state index contributed by atoms with van der Waals surface area (Å²) in [5.74, 6) is 1.69. The predicted molar refractivity (Wildman–Crippen MR) is 78.9 cm³/mol. The molecule has 2 heteroatoms. The monoisotopic (exact) mass is 258 g/mol. The lowest BCUT2D eigenvalue weighted by Crippen LogP contribution is -2.40. The molecule has 0 aliphatic heterocycles. The quantitative estimate of drug-likeness (QED) is 0.611.